The lowest BCUT2D eigenvalue weighted by Crippen LogP contribution is -2.09. The standard InChI is InChI=1S/C10H8BrNO6/c1-17-9(13)5-4-8(12(15)16)6(3-7(5)11)10(14)18-2/h3-4H,1-2H3. The monoisotopic (exact) mass is 317 g/mol. The van der Waals surface area contributed by atoms with Crippen LogP contribution in [-0.4, -0.2) is 31.1 Å². The van der Waals surface area contributed by atoms with Gasteiger partial charge in [-0.1, -0.05) is 0 Å². The highest BCUT2D eigenvalue weighted by Crippen LogP contribution is 2.28. The number of nitro benzene ring substituents is 1. The van der Waals surface area contributed by atoms with Crippen LogP contribution in [0, 0.1) is 10.1 Å². The van der Waals surface area contributed by atoms with Gasteiger partial charge < -0.3 is 9.47 Å². The SMILES string of the molecule is COC(=O)c1cc([N+](=O)[O-])c(C(=O)OC)cc1Br. The van der Waals surface area contributed by atoms with Crippen molar-refractivity contribution in [1.82, 2.24) is 0 Å². The molecular formula is C10H8BrNO6. The third-order valence-corrected chi connectivity index (χ3v) is 2.75. The number of esters is 2. The summed E-state index contributed by atoms with van der Waals surface area (Å²) < 4.78 is 9.11. The van der Waals surface area contributed by atoms with E-state index in [4.69, 9.17) is 0 Å². The number of methoxy groups -OCH3 is 2. The number of hydrogen-bond donors (Lipinski definition) is 0. The molecule has 0 spiro atoms. The first-order chi connectivity index (χ1) is 8.42. The van der Waals surface area contributed by atoms with E-state index >= 15 is 0 Å². The summed E-state index contributed by atoms with van der Waals surface area (Å²) in [5, 5.41) is 10.8. The third kappa shape index (κ3) is 2.65. The van der Waals surface area contributed by atoms with E-state index in [2.05, 4.69) is 25.4 Å². The summed E-state index contributed by atoms with van der Waals surface area (Å²) in [7, 11) is 2.25. The van der Waals surface area contributed by atoms with Crippen LogP contribution < -0.4 is 0 Å². The Morgan fingerprint density at radius 2 is 1.67 bits per heavy atom. The second kappa shape index (κ2) is 5.58. The Morgan fingerprint density at radius 3 is 2.11 bits per heavy atom. The Balaban J connectivity index is 3.48. The molecule has 96 valence electrons. The fourth-order valence-corrected chi connectivity index (χ4v) is 1.76. The molecule has 0 aliphatic heterocycles. The van der Waals surface area contributed by atoms with E-state index in [1.54, 1.807) is 0 Å². The molecule has 0 bridgehead atoms. The number of nitro groups is 1. The van der Waals surface area contributed by atoms with E-state index in [-0.39, 0.29) is 15.6 Å². The smallest absolute Gasteiger partial charge is 0.344 e. The van der Waals surface area contributed by atoms with Gasteiger partial charge in [0.1, 0.15) is 5.56 Å². The van der Waals surface area contributed by atoms with Crippen LogP contribution in [0.25, 0.3) is 0 Å². The van der Waals surface area contributed by atoms with E-state index in [0.717, 1.165) is 26.4 Å². The normalized spacial score (nSPS) is 9.72. The maximum atomic E-state index is 11.4. The van der Waals surface area contributed by atoms with Gasteiger partial charge in [-0.3, -0.25) is 10.1 Å². The maximum absolute atomic E-state index is 11.4. The summed E-state index contributed by atoms with van der Waals surface area (Å²) >= 11 is 3.04. The van der Waals surface area contributed by atoms with Gasteiger partial charge in [0.2, 0.25) is 0 Å². The Morgan fingerprint density at radius 1 is 1.17 bits per heavy atom. The van der Waals surface area contributed by atoms with E-state index in [1.807, 2.05) is 0 Å². The average Bonchev–Trinajstić information content (AvgIpc) is 2.36. The molecule has 0 amide bonds. The number of halogens is 1. The van der Waals surface area contributed by atoms with Gasteiger partial charge >= 0.3 is 11.9 Å². The first kappa shape index (κ1) is 14.1. The van der Waals surface area contributed by atoms with Gasteiger partial charge in [-0.05, 0) is 22.0 Å². The predicted molar refractivity (Wildman–Crippen MR) is 63.5 cm³/mol. The maximum Gasteiger partial charge on any atom is 0.344 e. The molecule has 0 aromatic heterocycles. The minimum Gasteiger partial charge on any atom is -0.465 e. The van der Waals surface area contributed by atoms with Crippen LogP contribution in [-0.2, 0) is 9.47 Å². The van der Waals surface area contributed by atoms with Crippen LogP contribution in [0.3, 0.4) is 0 Å². The summed E-state index contributed by atoms with van der Waals surface area (Å²) in [4.78, 5) is 32.8. The van der Waals surface area contributed by atoms with Crippen LogP contribution >= 0.6 is 15.9 Å². The zero-order valence-corrected chi connectivity index (χ0v) is 11.0. The van der Waals surface area contributed by atoms with Crippen molar-refractivity contribution in [2.24, 2.45) is 0 Å². The summed E-state index contributed by atoms with van der Waals surface area (Å²) in [6.07, 6.45) is 0. The van der Waals surface area contributed by atoms with Gasteiger partial charge in [0.05, 0.1) is 24.7 Å². The van der Waals surface area contributed by atoms with Crippen molar-refractivity contribution < 1.29 is 24.0 Å². The van der Waals surface area contributed by atoms with Gasteiger partial charge in [-0.2, -0.15) is 0 Å². The lowest BCUT2D eigenvalue weighted by Gasteiger charge is -2.06. The van der Waals surface area contributed by atoms with Crippen molar-refractivity contribution in [3.63, 3.8) is 0 Å². The Kier molecular flexibility index (Phi) is 4.38. The molecule has 0 radical (unpaired) electrons. The minimum absolute atomic E-state index is 0.0446. The molecule has 0 saturated carbocycles. The predicted octanol–water partition coefficient (Wildman–Crippen LogP) is 1.93. The Hall–Kier alpha value is -1.96. The molecule has 0 heterocycles. The summed E-state index contributed by atoms with van der Waals surface area (Å²) in [6.45, 7) is 0. The zero-order valence-electron chi connectivity index (χ0n) is 9.43. The summed E-state index contributed by atoms with van der Waals surface area (Å²) in [5.41, 5.74) is -0.815. The molecule has 0 N–H and O–H groups in total. The van der Waals surface area contributed by atoms with Crippen molar-refractivity contribution in [1.29, 1.82) is 0 Å². The lowest BCUT2D eigenvalue weighted by molar-refractivity contribution is -0.385. The highest BCUT2D eigenvalue weighted by molar-refractivity contribution is 9.10. The Bertz CT molecular complexity index is 527. The number of carbonyl (C=O) groups is 2. The second-order valence-electron chi connectivity index (χ2n) is 3.09. The number of ether oxygens (including phenoxy) is 2. The average molecular weight is 318 g/mol. The number of rotatable bonds is 3. The van der Waals surface area contributed by atoms with Crippen molar-refractivity contribution >= 4 is 33.6 Å². The summed E-state index contributed by atoms with van der Waals surface area (Å²) in [5.74, 6) is -1.61. The van der Waals surface area contributed by atoms with Crippen molar-refractivity contribution in [2.45, 2.75) is 0 Å². The fraction of sp³-hybridized carbons (Fsp3) is 0.200. The van der Waals surface area contributed by atoms with Crippen LogP contribution in [0.1, 0.15) is 20.7 Å². The van der Waals surface area contributed by atoms with E-state index in [1.165, 1.54) is 0 Å². The van der Waals surface area contributed by atoms with Gasteiger partial charge in [-0.15, -0.1) is 0 Å². The molecule has 0 aliphatic rings. The fourth-order valence-electron chi connectivity index (χ4n) is 1.25. The number of carbonyl (C=O) groups excluding carboxylic acids is 2. The van der Waals surface area contributed by atoms with Gasteiger partial charge in [0, 0.05) is 10.5 Å². The minimum atomic E-state index is -0.862. The molecule has 1 aromatic carbocycles. The van der Waals surface area contributed by atoms with Crippen LogP contribution in [0.2, 0.25) is 0 Å². The van der Waals surface area contributed by atoms with Crippen LogP contribution in [0.4, 0.5) is 5.69 Å². The first-order valence-corrected chi connectivity index (χ1v) is 5.36. The quantitative estimate of drug-likeness (QED) is 0.480. The molecular weight excluding hydrogens is 310 g/mol. The van der Waals surface area contributed by atoms with E-state index < -0.39 is 22.5 Å². The molecule has 0 unspecified atom stereocenters. The van der Waals surface area contributed by atoms with Crippen LogP contribution in [0.15, 0.2) is 16.6 Å². The van der Waals surface area contributed by atoms with Gasteiger partial charge in [0.15, 0.2) is 0 Å². The van der Waals surface area contributed by atoms with Gasteiger partial charge in [-0.25, -0.2) is 9.59 Å². The number of hydrogen-bond acceptors (Lipinski definition) is 6. The molecule has 0 atom stereocenters. The second-order valence-corrected chi connectivity index (χ2v) is 3.94. The zero-order chi connectivity index (χ0) is 13.9. The molecule has 1 rings (SSSR count). The number of benzene rings is 1. The molecule has 8 heteroatoms. The lowest BCUT2D eigenvalue weighted by atomic mass is 10.1. The molecule has 0 fully saturated rings. The highest BCUT2D eigenvalue weighted by atomic mass is 79.9. The molecule has 7 nitrogen and oxygen atoms in total. The Labute approximate surface area is 110 Å². The largest absolute Gasteiger partial charge is 0.465 e. The van der Waals surface area contributed by atoms with Crippen LogP contribution in [0.5, 0.6) is 0 Å². The highest BCUT2D eigenvalue weighted by Gasteiger charge is 2.25. The molecule has 1 aromatic rings. The first-order valence-electron chi connectivity index (χ1n) is 4.57. The van der Waals surface area contributed by atoms with E-state index in [9.17, 15) is 19.7 Å². The van der Waals surface area contributed by atoms with Crippen molar-refractivity contribution in [3.05, 3.63) is 37.8 Å². The molecule has 18 heavy (non-hydrogen) atoms. The molecule has 0 saturated heterocycles. The van der Waals surface area contributed by atoms with Crippen molar-refractivity contribution in [3.8, 4) is 0 Å². The third-order valence-electron chi connectivity index (χ3n) is 2.09. The van der Waals surface area contributed by atoms with E-state index in [0.29, 0.717) is 0 Å². The molecule has 0 aliphatic carbocycles. The van der Waals surface area contributed by atoms with Crippen molar-refractivity contribution in [2.75, 3.05) is 14.2 Å². The topological polar surface area (TPSA) is 95.7 Å². The number of nitrogens with zero attached hydrogens (tertiary/aromatic N) is 1. The van der Waals surface area contributed by atoms with Gasteiger partial charge in [0.25, 0.3) is 5.69 Å². The summed E-state index contributed by atoms with van der Waals surface area (Å²) in [6, 6.07) is 2.11.